The summed E-state index contributed by atoms with van der Waals surface area (Å²) in [5.41, 5.74) is 0. The Hall–Kier alpha value is -1.29. The van der Waals surface area contributed by atoms with Crippen molar-refractivity contribution < 1.29 is 13.9 Å². The molecule has 3 nitrogen and oxygen atoms in total. The summed E-state index contributed by atoms with van der Waals surface area (Å²) >= 11 is 5.68. The van der Waals surface area contributed by atoms with E-state index in [4.69, 9.17) is 16.3 Å². The summed E-state index contributed by atoms with van der Waals surface area (Å²) in [6.45, 7) is 2.38. The molecular formula is C16H21ClFNO2. The van der Waals surface area contributed by atoms with E-state index in [-0.39, 0.29) is 10.9 Å². The molecule has 0 unspecified atom stereocenters. The van der Waals surface area contributed by atoms with Gasteiger partial charge < -0.3 is 10.1 Å². The highest BCUT2D eigenvalue weighted by molar-refractivity contribution is 6.30. The second-order valence-corrected chi connectivity index (χ2v) is 5.99. The smallest absolute Gasteiger partial charge is 0.260 e. The third-order valence-electron chi connectivity index (χ3n) is 3.86. The molecule has 1 amide bonds. The number of hydrogen-bond acceptors (Lipinski definition) is 2. The minimum Gasteiger partial charge on any atom is -0.481 e. The Morgan fingerprint density at radius 2 is 2.14 bits per heavy atom. The Morgan fingerprint density at radius 3 is 2.81 bits per heavy atom. The first kappa shape index (κ1) is 16.1. The monoisotopic (exact) mass is 313 g/mol. The predicted molar refractivity (Wildman–Crippen MR) is 81.1 cm³/mol. The predicted octanol–water partition coefficient (Wildman–Crippen LogP) is 3.94. The Kier molecular flexibility index (Phi) is 5.85. The number of rotatable bonds is 5. The molecule has 0 radical (unpaired) electrons. The first-order chi connectivity index (χ1) is 10.1. The largest absolute Gasteiger partial charge is 0.481 e. The summed E-state index contributed by atoms with van der Waals surface area (Å²) in [6.07, 6.45) is 5.54. The molecule has 1 N–H and O–H groups in total. The summed E-state index contributed by atoms with van der Waals surface area (Å²) in [7, 11) is 0. The molecule has 116 valence electrons. The minimum atomic E-state index is -0.630. The van der Waals surface area contributed by atoms with Crippen molar-refractivity contribution in [3.8, 4) is 5.75 Å². The van der Waals surface area contributed by atoms with Gasteiger partial charge in [-0.05, 0) is 37.8 Å². The molecule has 5 heteroatoms. The van der Waals surface area contributed by atoms with Gasteiger partial charge in [-0.2, -0.15) is 0 Å². The van der Waals surface area contributed by atoms with Crippen LogP contribution < -0.4 is 10.1 Å². The average Bonchev–Trinajstić information content (AvgIpc) is 2.49. The van der Waals surface area contributed by atoms with E-state index in [9.17, 15) is 9.18 Å². The van der Waals surface area contributed by atoms with Gasteiger partial charge in [0.2, 0.25) is 0 Å². The molecule has 0 bridgehead atoms. The van der Waals surface area contributed by atoms with Gasteiger partial charge in [-0.3, -0.25) is 4.79 Å². The standard InChI is InChI=1S/C16H21ClFNO2/c1-11(21-13-7-8-15(18)14(17)9-13)16(20)19-10-12-5-3-2-4-6-12/h7-9,11-12H,2-6,10H2,1H3,(H,19,20)/t11-/m0/s1. The number of carbonyl (C=O) groups excluding carboxylic acids is 1. The van der Waals surface area contributed by atoms with Crippen LogP contribution in [0.25, 0.3) is 0 Å². The van der Waals surface area contributed by atoms with Crippen molar-refractivity contribution in [3.05, 3.63) is 29.0 Å². The molecule has 1 aliphatic rings. The first-order valence-electron chi connectivity index (χ1n) is 7.45. The van der Waals surface area contributed by atoms with E-state index in [0.29, 0.717) is 18.2 Å². The molecule has 0 saturated heterocycles. The summed E-state index contributed by atoms with van der Waals surface area (Å²) < 4.78 is 18.5. The van der Waals surface area contributed by atoms with Crippen LogP contribution in [0, 0.1) is 11.7 Å². The van der Waals surface area contributed by atoms with E-state index in [1.165, 1.54) is 50.3 Å². The van der Waals surface area contributed by atoms with Crippen LogP contribution in [0.1, 0.15) is 39.0 Å². The van der Waals surface area contributed by atoms with Gasteiger partial charge in [0.25, 0.3) is 5.91 Å². The van der Waals surface area contributed by atoms with E-state index in [1.807, 2.05) is 0 Å². The molecule has 1 saturated carbocycles. The van der Waals surface area contributed by atoms with Crippen molar-refractivity contribution in [2.45, 2.75) is 45.1 Å². The summed E-state index contributed by atoms with van der Waals surface area (Å²) in [4.78, 5) is 12.0. The Morgan fingerprint density at radius 1 is 1.43 bits per heavy atom. The summed E-state index contributed by atoms with van der Waals surface area (Å²) in [5, 5.41) is 2.92. The lowest BCUT2D eigenvalue weighted by molar-refractivity contribution is -0.127. The number of halogens is 2. The van der Waals surface area contributed by atoms with Crippen molar-refractivity contribution in [3.63, 3.8) is 0 Å². The summed E-state index contributed by atoms with van der Waals surface area (Å²) in [6, 6.07) is 4.07. The number of hydrogen-bond donors (Lipinski definition) is 1. The molecule has 1 fully saturated rings. The molecule has 2 rings (SSSR count). The minimum absolute atomic E-state index is 0.0117. The van der Waals surface area contributed by atoms with Crippen molar-refractivity contribution >= 4 is 17.5 Å². The normalized spacial score (nSPS) is 17.3. The number of amides is 1. The van der Waals surface area contributed by atoms with Gasteiger partial charge in [0.1, 0.15) is 11.6 Å². The van der Waals surface area contributed by atoms with Crippen molar-refractivity contribution in [1.29, 1.82) is 0 Å². The van der Waals surface area contributed by atoms with Crippen molar-refractivity contribution in [2.75, 3.05) is 6.54 Å². The van der Waals surface area contributed by atoms with Crippen LogP contribution in [0.3, 0.4) is 0 Å². The highest BCUT2D eigenvalue weighted by Crippen LogP contribution is 2.23. The quantitative estimate of drug-likeness (QED) is 0.894. The summed E-state index contributed by atoms with van der Waals surface area (Å²) in [5.74, 6) is 0.316. The van der Waals surface area contributed by atoms with Crippen molar-refractivity contribution in [2.24, 2.45) is 5.92 Å². The zero-order valence-electron chi connectivity index (χ0n) is 12.2. The van der Waals surface area contributed by atoms with Gasteiger partial charge in [-0.15, -0.1) is 0 Å². The zero-order chi connectivity index (χ0) is 15.2. The first-order valence-corrected chi connectivity index (χ1v) is 7.83. The van der Waals surface area contributed by atoms with E-state index >= 15 is 0 Å². The maximum Gasteiger partial charge on any atom is 0.260 e. The average molecular weight is 314 g/mol. The SMILES string of the molecule is C[C@H](Oc1ccc(F)c(Cl)c1)C(=O)NCC1CCCCC1. The van der Waals surface area contributed by atoms with E-state index in [0.717, 1.165) is 0 Å². The number of benzene rings is 1. The van der Waals surface area contributed by atoms with E-state index in [1.54, 1.807) is 6.92 Å². The Bertz CT molecular complexity index is 489. The van der Waals surface area contributed by atoms with Crippen LogP contribution in [0.2, 0.25) is 5.02 Å². The second-order valence-electron chi connectivity index (χ2n) is 5.59. The lowest BCUT2D eigenvalue weighted by atomic mass is 9.89. The topological polar surface area (TPSA) is 38.3 Å². The molecule has 0 aromatic heterocycles. The van der Waals surface area contributed by atoms with Crippen molar-refractivity contribution in [1.82, 2.24) is 5.32 Å². The second kappa shape index (κ2) is 7.64. The molecule has 1 atom stereocenters. The molecular weight excluding hydrogens is 293 g/mol. The number of nitrogens with one attached hydrogen (secondary N) is 1. The van der Waals surface area contributed by atoms with E-state index in [2.05, 4.69) is 5.32 Å². The van der Waals surface area contributed by atoms with Crippen LogP contribution in [0.15, 0.2) is 18.2 Å². The van der Waals surface area contributed by atoms with Gasteiger partial charge in [0.15, 0.2) is 6.10 Å². The maximum atomic E-state index is 13.1. The Labute approximate surface area is 129 Å². The lowest BCUT2D eigenvalue weighted by Crippen LogP contribution is -2.39. The lowest BCUT2D eigenvalue weighted by Gasteiger charge is -2.23. The third-order valence-corrected chi connectivity index (χ3v) is 4.15. The maximum absolute atomic E-state index is 13.1. The van der Waals surface area contributed by atoms with Gasteiger partial charge in [-0.25, -0.2) is 4.39 Å². The van der Waals surface area contributed by atoms with Crippen LogP contribution in [-0.2, 0) is 4.79 Å². The van der Waals surface area contributed by atoms with Crippen LogP contribution in [0.5, 0.6) is 5.75 Å². The fourth-order valence-corrected chi connectivity index (χ4v) is 2.76. The molecule has 1 aliphatic carbocycles. The van der Waals surface area contributed by atoms with Gasteiger partial charge in [0.05, 0.1) is 5.02 Å². The molecule has 0 heterocycles. The number of carbonyl (C=O) groups is 1. The fourth-order valence-electron chi connectivity index (χ4n) is 2.59. The van der Waals surface area contributed by atoms with Gasteiger partial charge in [0, 0.05) is 12.6 Å². The van der Waals surface area contributed by atoms with E-state index < -0.39 is 11.9 Å². The zero-order valence-corrected chi connectivity index (χ0v) is 13.0. The highest BCUT2D eigenvalue weighted by atomic mass is 35.5. The fraction of sp³-hybridized carbons (Fsp3) is 0.562. The molecule has 0 spiro atoms. The molecule has 0 aliphatic heterocycles. The van der Waals surface area contributed by atoms with Gasteiger partial charge >= 0.3 is 0 Å². The highest BCUT2D eigenvalue weighted by Gasteiger charge is 2.18. The number of ether oxygens (including phenoxy) is 1. The molecule has 21 heavy (non-hydrogen) atoms. The van der Waals surface area contributed by atoms with Gasteiger partial charge in [-0.1, -0.05) is 30.9 Å². The van der Waals surface area contributed by atoms with Crippen LogP contribution >= 0.6 is 11.6 Å². The van der Waals surface area contributed by atoms with Crippen LogP contribution in [0.4, 0.5) is 4.39 Å². The molecule has 1 aromatic carbocycles. The Balaban J connectivity index is 1.79. The third kappa shape index (κ3) is 4.88. The molecule has 1 aromatic rings. The van der Waals surface area contributed by atoms with Crippen LogP contribution in [-0.4, -0.2) is 18.6 Å².